The molecular weight excluding hydrogens is 220 g/mol. The van der Waals surface area contributed by atoms with E-state index in [1.807, 2.05) is 14.1 Å². The van der Waals surface area contributed by atoms with E-state index >= 15 is 0 Å². The van der Waals surface area contributed by atoms with E-state index in [0.29, 0.717) is 13.0 Å². The predicted octanol–water partition coefficient (Wildman–Crippen LogP) is 0.308. The number of nitrogens with zero attached hydrogens (tertiary/aromatic N) is 1. The van der Waals surface area contributed by atoms with Gasteiger partial charge in [-0.2, -0.15) is 0 Å². The molecule has 0 spiro atoms. The minimum Gasteiger partial charge on any atom is -0.481 e. The first-order chi connectivity index (χ1) is 7.96. The first-order valence-electron chi connectivity index (χ1n) is 6.14. The van der Waals surface area contributed by atoms with Gasteiger partial charge in [0.1, 0.15) is 0 Å². The van der Waals surface area contributed by atoms with Crippen molar-refractivity contribution >= 4 is 11.9 Å². The van der Waals surface area contributed by atoms with Crippen LogP contribution in [0.25, 0.3) is 0 Å². The second kappa shape index (κ2) is 4.29. The first-order valence-corrected chi connectivity index (χ1v) is 6.14. The Balaban J connectivity index is 1.79. The number of carbonyl (C=O) groups is 2. The summed E-state index contributed by atoms with van der Waals surface area (Å²) in [7, 11) is 4.06. The summed E-state index contributed by atoms with van der Waals surface area (Å²) in [6, 6.07) is 0. The molecule has 2 N–H and O–H groups in total. The maximum atomic E-state index is 11.7. The van der Waals surface area contributed by atoms with Crippen molar-refractivity contribution in [2.45, 2.75) is 31.2 Å². The standard InChI is InChI=1S/C12H20N2O3/c1-14(2)12(4-3-5-12)7-13-10(15)8-6-9(8)11(16)17/h8-9H,3-7H2,1-2H3,(H,13,15)(H,16,17)/t8-,9+/m1/s1. The first kappa shape index (κ1) is 12.4. The van der Waals surface area contributed by atoms with Gasteiger partial charge in [-0.15, -0.1) is 0 Å². The largest absolute Gasteiger partial charge is 0.481 e. The quantitative estimate of drug-likeness (QED) is 0.725. The maximum absolute atomic E-state index is 11.7. The zero-order valence-corrected chi connectivity index (χ0v) is 10.4. The molecule has 1 amide bonds. The minimum atomic E-state index is -0.851. The van der Waals surface area contributed by atoms with Gasteiger partial charge in [0.2, 0.25) is 5.91 Å². The number of carboxylic acid groups (broad SMARTS) is 1. The van der Waals surface area contributed by atoms with Gasteiger partial charge >= 0.3 is 5.97 Å². The van der Waals surface area contributed by atoms with Crippen molar-refractivity contribution in [2.24, 2.45) is 11.8 Å². The average molecular weight is 240 g/mol. The van der Waals surface area contributed by atoms with E-state index in [0.717, 1.165) is 12.8 Å². The molecule has 0 aliphatic heterocycles. The lowest BCUT2D eigenvalue weighted by Gasteiger charge is -2.47. The van der Waals surface area contributed by atoms with Gasteiger partial charge in [-0.3, -0.25) is 9.59 Å². The number of likely N-dealkylation sites (N-methyl/N-ethyl adjacent to an activating group) is 1. The molecule has 2 rings (SSSR count). The molecule has 0 unspecified atom stereocenters. The lowest BCUT2D eigenvalue weighted by Crippen LogP contribution is -2.57. The molecule has 2 atom stereocenters. The monoisotopic (exact) mass is 240 g/mol. The van der Waals surface area contributed by atoms with Crippen molar-refractivity contribution in [2.75, 3.05) is 20.6 Å². The molecule has 96 valence electrons. The summed E-state index contributed by atoms with van der Waals surface area (Å²) < 4.78 is 0. The Kier molecular flexibility index (Phi) is 3.12. The van der Waals surface area contributed by atoms with Crippen LogP contribution >= 0.6 is 0 Å². The fraction of sp³-hybridized carbons (Fsp3) is 0.833. The van der Waals surface area contributed by atoms with Crippen LogP contribution in [0.3, 0.4) is 0 Å². The Morgan fingerprint density at radius 3 is 2.35 bits per heavy atom. The van der Waals surface area contributed by atoms with E-state index in [4.69, 9.17) is 5.11 Å². The van der Waals surface area contributed by atoms with Crippen molar-refractivity contribution in [1.82, 2.24) is 10.2 Å². The zero-order chi connectivity index (χ0) is 12.6. The number of carbonyl (C=O) groups excluding carboxylic acids is 1. The lowest BCUT2D eigenvalue weighted by atomic mass is 9.75. The van der Waals surface area contributed by atoms with E-state index in [1.54, 1.807) is 0 Å². The second-order valence-electron chi connectivity index (χ2n) is 5.48. The normalized spacial score (nSPS) is 29.6. The van der Waals surface area contributed by atoms with E-state index < -0.39 is 11.9 Å². The van der Waals surface area contributed by atoms with Gasteiger partial charge in [-0.05, 0) is 39.8 Å². The van der Waals surface area contributed by atoms with Crippen LogP contribution in [0.5, 0.6) is 0 Å². The molecule has 0 heterocycles. The van der Waals surface area contributed by atoms with E-state index in [1.165, 1.54) is 6.42 Å². The molecule has 17 heavy (non-hydrogen) atoms. The molecule has 0 aromatic heterocycles. The fourth-order valence-electron chi connectivity index (χ4n) is 2.51. The van der Waals surface area contributed by atoms with E-state index in [2.05, 4.69) is 10.2 Å². The highest BCUT2D eigenvalue weighted by molar-refractivity contribution is 5.89. The number of nitrogens with one attached hydrogen (secondary N) is 1. The summed E-state index contributed by atoms with van der Waals surface area (Å²) in [6.45, 7) is 0.641. The van der Waals surface area contributed by atoms with Crippen molar-refractivity contribution in [3.05, 3.63) is 0 Å². The Morgan fingerprint density at radius 1 is 1.35 bits per heavy atom. The van der Waals surface area contributed by atoms with Crippen LogP contribution in [0.1, 0.15) is 25.7 Å². The molecule has 0 bridgehead atoms. The molecule has 5 nitrogen and oxygen atoms in total. The number of carboxylic acids is 1. The van der Waals surface area contributed by atoms with Crippen LogP contribution < -0.4 is 5.32 Å². The SMILES string of the molecule is CN(C)C1(CNC(=O)[C@@H]2C[C@@H]2C(=O)O)CCC1. The topological polar surface area (TPSA) is 69.6 Å². The highest BCUT2D eigenvalue weighted by Crippen LogP contribution is 2.39. The molecule has 2 aliphatic carbocycles. The Labute approximate surface area is 101 Å². The van der Waals surface area contributed by atoms with Crippen LogP contribution in [-0.4, -0.2) is 48.1 Å². The van der Waals surface area contributed by atoms with E-state index in [-0.39, 0.29) is 17.4 Å². The van der Waals surface area contributed by atoms with Gasteiger partial charge in [0.05, 0.1) is 11.8 Å². The third kappa shape index (κ3) is 2.29. The van der Waals surface area contributed by atoms with Crippen LogP contribution in [0.2, 0.25) is 0 Å². The smallest absolute Gasteiger partial charge is 0.307 e. The summed E-state index contributed by atoms with van der Waals surface area (Å²) in [6.07, 6.45) is 3.91. The van der Waals surface area contributed by atoms with Crippen molar-refractivity contribution in [3.8, 4) is 0 Å². The maximum Gasteiger partial charge on any atom is 0.307 e. The van der Waals surface area contributed by atoms with Gasteiger partial charge < -0.3 is 15.3 Å². The van der Waals surface area contributed by atoms with Gasteiger partial charge in [-0.1, -0.05) is 0 Å². The average Bonchev–Trinajstić information content (AvgIpc) is 2.94. The van der Waals surface area contributed by atoms with E-state index in [9.17, 15) is 9.59 Å². The number of aliphatic carboxylic acids is 1. The summed E-state index contributed by atoms with van der Waals surface area (Å²) >= 11 is 0. The minimum absolute atomic E-state index is 0.0921. The third-order valence-electron chi connectivity index (χ3n) is 4.27. The number of rotatable bonds is 5. The molecule has 2 aliphatic rings. The Hall–Kier alpha value is -1.10. The molecule has 2 fully saturated rings. The molecule has 0 aromatic rings. The van der Waals surface area contributed by atoms with Crippen LogP contribution in [0.4, 0.5) is 0 Å². The molecular formula is C12H20N2O3. The lowest BCUT2D eigenvalue weighted by molar-refractivity contribution is -0.140. The number of hydrogen-bond donors (Lipinski definition) is 2. The van der Waals surface area contributed by atoms with Gasteiger partial charge in [0, 0.05) is 12.1 Å². The fourth-order valence-corrected chi connectivity index (χ4v) is 2.51. The van der Waals surface area contributed by atoms with Crippen molar-refractivity contribution in [3.63, 3.8) is 0 Å². The van der Waals surface area contributed by atoms with Crippen molar-refractivity contribution < 1.29 is 14.7 Å². The summed E-state index contributed by atoms with van der Waals surface area (Å²) in [4.78, 5) is 24.6. The molecule has 2 saturated carbocycles. The summed E-state index contributed by atoms with van der Waals surface area (Å²) in [5.74, 6) is -1.69. The Morgan fingerprint density at radius 2 is 2.00 bits per heavy atom. The van der Waals surface area contributed by atoms with Crippen molar-refractivity contribution in [1.29, 1.82) is 0 Å². The van der Waals surface area contributed by atoms with Gasteiger partial charge in [0.15, 0.2) is 0 Å². The molecule has 5 heteroatoms. The highest BCUT2D eigenvalue weighted by atomic mass is 16.4. The molecule has 0 radical (unpaired) electrons. The van der Waals surface area contributed by atoms with Crippen LogP contribution in [0, 0.1) is 11.8 Å². The van der Waals surface area contributed by atoms with Gasteiger partial charge in [-0.25, -0.2) is 0 Å². The molecule has 0 aromatic carbocycles. The second-order valence-corrected chi connectivity index (χ2v) is 5.48. The van der Waals surface area contributed by atoms with Crippen LogP contribution in [-0.2, 0) is 9.59 Å². The highest BCUT2D eigenvalue weighted by Gasteiger charge is 2.49. The zero-order valence-electron chi connectivity index (χ0n) is 10.4. The number of amides is 1. The summed E-state index contributed by atoms with van der Waals surface area (Å²) in [5, 5.41) is 11.7. The van der Waals surface area contributed by atoms with Gasteiger partial charge in [0.25, 0.3) is 0 Å². The van der Waals surface area contributed by atoms with Crippen LogP contribution in [0.15, 0.2) is 0 Å². The third-order valence-corrected chi connectivity index (χ3v) is 4.27. The Bertz CT molecular complexity index is 337. The predicted molar refractivity (Wildman–Crippen MR) is 62.5 cm³/mol. The summed E-state index contributed by atoms with van der Waals surface area (Å²) in [5.41, 5.74) is 0.100. The molecule has 0 saturated heterocycles. The number of hydrogen-bond acceptors (Lipinski definition) is 3.